The molecule has 0 bridgehead atoms. The van der Waals surface area contributed by atoms with E-state index in [1.54, 1.807) is 32.0 Å². The topological polar surface area (TPSA) is 68.2 Å². The Hall–Kier alpha value is -2.90. The van der Waals surface area contributed by atoms with Gasteiger partial charge in [-0.05, 0) is 67.2 Å². The second kappa shape index (κ2) is 7.74. The molecule has 1 N–H and O–H groups in total. The maximum atomic E-state index is 13.0. The number of sulfonamides is 1. The Morgan fingerprint density at radius 1 is 0.933 bits per heavy atom. The van der Waals surface area contributed by atoms with Gasteiger partial charge in [-0.2, -0.15) is 0 Å². The summed E-state index contributed by atoms with van der Waals surface area (Å²) in [5.74, 6) is 0. The van der Waals surface area contributed by atoms with Gasteiger partial charge in [-0.15, -0.1) is 0 Å². The van der Waals surface area contributed by atoms with Crippen molar-refractivity contribution in [3.63, 3.8) is 0 Å². The Morgan fingerprint density at radius 2 is 1.60 bits per heavy atom. The average molecular weight is 439 g/mol. The summed E-state index contributed by atoms with van der Waals surface area (Å²) in [6.45, 7) is 6.11. The fourth-order valence-corrected chi connectivity index (χ4v) is 6.28. The molecule has 1 heterocycles. The Morgan fingerprint density at radius 3 is 2.27 bits per heavy atom. The molecule has 0 atom stereocenters. The standard InChI is InChI=1S/C23H22N2O3S2/c1-15-11-16(2)22(17(3)12-15)30(27,28)24-19-9-10-21-20(13-19)23(26)29-25(21)14-18-7-5-4-6-8-18/h4-13,24H,14H2,1-3H3. The van der Waals surface area contributed by atoms with Crippen LogP contribution in [0.25, 0.3) is 10.9 Å². The number of aryl methyl sites for hydroxylation is 3. The fourth-order valence-electron chi connectivity index (χ4n) is 3.84. The average Bonchev–Trinajstić information content (AvgIpc) is 2.96. The van der Waals surface area contributed by atoms with Crippen molar-refractivity contribution in [2.45, 2.75) is 32.2 Å². The van der Waals surface area contributed by atoms with E-state index in [0.29, 0.717) is 28.7 Å². The summed E-state index contributed by atoms with van der Waals surface area (Å²) < 4.78 is 30.5. The Bertz CT molecular complexity index is 1380. The molecule has 154 valence electrons. The van der Waals surface area contributed by atoms with Gasteiger partial charge < -0.3 is 0 Å². The number of nitrogens with zero attached hydrogens (tertiary/aromatic N) is 1. The molecular weight excluding hydrogens is 416 g/mol. The SMILES string of the molecule is Cc1cc(C)c(S(=O)(=O)Nc2ccc3c(c2)c(=O)sn3Cc2ccccc2)c(C)c1. The number of aromatic nitrogens is 1. The highest BCUT2D eigenvalue weighted by Gasteiger charge is 2.20. The summed E-state index contributed by atoms with van der Waals surface area (Å²) in [6, 6.07) is 18.7. The van der Waals surface area contributed by atoms with Crippen LogP contribution in [0.2, 0.25) is 0 Å². The molecule has 0 spiro atoms. The van der Waals surface area contributed by atoms with Crippen LogP contribution in [0.4, 0.5) is 5.69 Å². The van der Waals surface area contributed by atoms with Gasteiger partial charge in [0, 0.05) is 5.69 Å². The van der Waals surface area contributed by atoms with Crippen LogP contribution in [-0.4, -0.2) is 12.4 Å². The minimum Gasteiger partial charge on any atom is -0.290 e. The summed E-state index contributed by atoms with van der Waals surface area (Å²) in [4.78, 5) is 12.8. The minimum absolute atomic E-state index is 0.0929. The predicted octanol–water partition coefficient (Wildman–Crippen LogP) is 4.84. The maximum absolute atomic E-state index is 13.0. The number of rotatable bonds is 5. The van der Waals surface area contributed by atoms with Crippen molar-refractivity contribution in [2.24, 2.45) is 0 Å². The van der Waals surface area contributed by atoms with Gasteiger partial charge in [-0.25, -0.2) is 8.42 Å². The van der Waals surface area contributed by atoms with Crippen LogP contribution in [-0.2, 0) is 16.6 Å². The highest BCUT2D eigenvalue weighted by molar-refractivity contribution is 7.92. The van der Waals surface area contributed by atoms with E-state index >= 15 is 0 Å². The first kappa shape index (κ1) is 20.4. The van der Waals surface area contributed by atoms with Crippen molar-refractivity contribution in [3.8, 4) is 0 Å². The lowest BCUT2D eigenvalue weighted by Crippen LogP contribution is -2.16. The van der Waals surface area contributed by atoms with Crippen molar-refractivity contribution in [1.82, 2.24) is 3.96 Å². The van der Waals surface area contributed by atoms with E-state index in [0.717, 1.165) is 28.2 Å². The molecule has 0 aliphatic carbocycles. The Labute approximate surface area is 179 Å². The van der Waals surface area contributed by atoms with E-state index in [1.807, 2.05) is 53.3 Å². The van der Waals surface area contributed by atoms with E-state index in [4.69, 9.17) is 0 Å². The zero-order chi connectivity index (χ0) is 21.5. The highest BCUT2D eigenvalue weighted by Crippen LogP contribution is 2.26. The second-order valence-corrected chi connectivity index (χ2v) is 10.1. The summed E-state index contributed by atoms with van der Waals surface area (Å²) >= 11 is 1.14. The van der Waals surface area contributed by atoms with Gasteiger partial charge in [0.2, 0.25) is 0 Å². The van der Waals surface area contributed by atoms with Gasteiger partial charge in [0.25, 0.3) is 14.8 Å². The molecule has 0 saturated carbocycles. The van der Waals surface area contributed by atoms with Crippen LogP contribution in [0.15, 0.2) is 70.4 Å². The normalized spacial score (nSPS) is 11.7. The highest BCUT2D eigenvalue weighted by atomic mass is 32.2. The quantitative estimate of drug-likeness (QED) is 0.485. The first-order valence-electron chi connectivity index (χ1n) is 9.53. The molecule has 30 heavy (non-hydrogen) atoms. The van der Waals surface area contributed by atoms with E-state index < -0.39 is 10.0 Å². The third kappa shape index (κ3) is 3.91. The number of hydrogen-bond acceptors (Lipinski definition) is 4. The summed E-state index contributed by atoms with van der Waals surface area (Å²) in [5, 5.41) is 0.508. The van der Waals surface area contributed by atoms with Crippen LogP contribution in [0, 0.1) is 20.8 Å². The molecule has 0 radical (unpaired) electrons. The van der Waals surface area contributed by atoms with E-state index in [1.165, 1.54) is 0 Å². The van der Waals surface area contributed by atoms with Gasteiger partial charge in [0.05, 0.1) is 22.3 Å². The zero-order valence-electron chi connectivity index (χ0n) is 17.0. The maximum Gasteiger partial charge on any atom is 0.262 e. The number of nitrogens with one attached hydrogen (secondary N) is 1. The van der Waals surface area contributed by atoms with Crippen LogP contribution in [0.5, 0.6) is 0 Å². The lowest BCUT2D eigenvalue weighted by atomic mass is 10.1. The molecule has 0 aliphatic heterocycles. The number of hydrogen-bond donors (Lipinski definition) is 1. The third-order valence-corrected chi connectivity index (χ3v) is 7.59. The van der Waals surface area contributed by atoms with Gasteiger partial charge in [-0.3, -0.25) is 13.5 Å². The zero-order valence-corrected chi connectivity index (χ0v) is 18.6. The van der Waals surface area contributed by atoms with E-state index in [9.17, 15) is 13.2 Å². The molecule has 0 aliphatic rings. The predicted molar refractivity (Wildman–Crippen MR) is 123 cm³/mol. The number of fused-ring (bicyclic) bond motifs is 1. The van der Waals surface area contributed by atoms with Gasteiger partial charge in [0.1, 0.15) is 0 Å². The molecule has 0 fully saturated rings. The lowest BCUT2D eigenvalue weighted by molar-refractivity contribution is 0.600. The molecule has 3 aromatic carbocycles. The van der Waals surface area contributed by atoms with Gasteiger partial charge in [-0.1, -0.05) is 48.0 Å². The third-order valence-electron chi connectivity index (χ3n) is 4.97. The van der Waals surface area contributed by atoms with Crippen LogP contribution in [0.1, 0.15) is 22.3 Å². The van der Waals surface area contributed by atoms with Crippen molar-refractivity contribution >= 4 is 38.1 Å². The van der Waals surface area contributed by atoms with E-state index in [-0.39, 0.29) is 9.64 Å². The first-order chi connectivity index (χ1) is 14.2. The Kier molecular flexibility index (Phi) is 5.26. The molecule has 1 aromatic heterocycles. The second-order valence-electron chi connectivity index (χ2n) is 7.47. The molecule has 0 unspecified atom stereocenters. The van der Waals surface area contributed by atoms with Crippen LogP contribution in [0.3, 0.4) is 0 Å². The summed E-state index contributed by atoms with van der Waals surface area (Å²) in [6.07, 6.45) is 0. The largest absolute Gasteiger partial charge is 0.290 e. The van der Waals surface area contributed by atoms with Crippen molar-refractivity contribution in [1.29, 1.82) is 0 Å². The fraction of sp³-hybridized carbons (Fsp3) is 0.174. The van der Waals surface area contributed by atoms with Crippen molar-refractivity contribution < 1.29 is 8.42 Å². The monoisotopic (exact) mass is 438 g/mol. The van der Waals surface area contributed by atoms with Crippen molar-refractivity contribution in [3.05, 3.63) is 92.5 Å². The Balaban J connectivity index is 1.70. The molecule has 4 rings (SSSR count). The summed E-state index contributed by atoms with van der Waals surface area (Å²) in [5.41, 5.74) is 4.68. The lowest BCUT2D eigenvalue weighted by Gasteiger charge is -2.14. The minimum atomic E-state index is -3.77. The van der Waals surface area contributed by atoms with Gasteiger partial charge >= 0.3 is 0 Å². The first-order valence-corrected chi connectivity index (χ1v) is 11.8. The molecule has 0 saturated heterocycles. The summed E-state index contributed by atoms with van der Waals surface area (Å²) in [7, 11) is -3.77. The molecule has 0 amide bonds. The molecular formula is C23H22N2O3S2. The number of anilines is 1. The molecule has 5 nitrogen and oxygen atoms in total. The van der Waals surface area contributed by atoms with Gasteiger partial charge in [0.15, 0.2) is 0 Å². The van der Waals surface area contributed by atoms with Crippen LogP contribution >= 0.6 is 11.5 Å². The van der Waals surface area contributed by atoms with Crippen LogP contribution < -0.4 is 9.46 Å². The number of benzene rings is 3. The molecule has 7 heteroatoms. The van der Waals surface area contributed by atoms with E-state index in [2.05, 4.69) is 4.72 Å². The smallest absolute Gasteiger partial charge is 0.262 e. The molecule has 4 aromatic rings. The van der Waals surface area contributed by atoms with Crippen molar-refractivity contribution in [2.75, 3.05) is 4.72 Å².